The maximum absolute atomic E-state index is 13.6. The van der Waals surface area contributed by atoms with Gasteiger partial charge in [0, 0.05) is 58.5 Å². The van der Waals surface area contributed by atoms with Crippen LogP contribution >= 0.6 is 0 Å². The smallest absolute Gasteiger partial charge is 0.254 e. The van der Waals surface area contributed by atoms with Crippen molar-refractivity contribution in [3.8, 4) is 0 Å². The number of likely N-dealkylation sites (tertiary alicyclic amines) is 1. The third-order valence-electron chi connectivity index (χ3n) is 7.52. The molecule has 1 spiro atoms. The van der Waals surface area contributed by atoms with Crippen LogP contribution in [0, 0.1) is 5.92 Å². The van der Waals surface area contributed by atoms with E-state index in [2.05, 4.69) is 18.7 Å². The van der Waals surface area contributed by atoms with Crippen LogP contribution in [0.25, 0.3) is 0 Å². The molecule has 3 aliphatic heterocycles. The molecule has 2 saturated heterocycles. The molecule has 0 bridgehead atoms. The van der Waals surface area contributed by atoms with Crippen molar-refractivity contribution >= 4 is 11.8 Å². The van der Waals surface area contributed by atoms with E-state index in [9.17, 15) is 9.59 Å². The van der Waals surface area contributed by atoms with E-state index in [-0.39, 0.29) is 23.8 Å². The first kappa shape index (κ1) is 22.3. The Morgan fingerprint density at radius 1 is 1.16 bits per heavy atom. The molecule has 3 heterocycles. The van der Waals surface area contributed by atoms with Crippen LogP contribution in [0.15, 0.2) is 24.3 Å². The highest BCUT2D eigenvalue weighted by atomic mass is 16.5. The quantitative estimate of drug-likeness (QED) is 0.741. The van der Waals surface area contributed by atoms with E-state index in [4.69, 9.17) is 4.74 Å². The van der Waals surface area contributed by atoms with E-state index in [0.29, 0.717) is 11.5 Å². The second-order valence-electron chi connectivity index (χ2n) is 9.98. The van der Waals surface area contributed by atoms with Gasteiger partial charge in [-0.1, -0.05) is 18.2 Å². The third kappa shape index (κ3) is 4.00. The van der Waals surface area contributed by atoms with Crippen LogP contribution in [0.5, 0.6) is 0 Å². The van der Waals surface area contributed by atoms with Crippen LogP contribution in [0.2, 0.25) is 0 Å². The summed E-state index contributed by atoms with van der Waals surface area (Å²) < 4.78 is 5.52. The first-order chi connectivity index (χ1) is 14.8. The lowest BCUT2D eigenvalue weighted by atomic mass is 9.66. The number of nitrogens with zero attached hydrogens (tertiary/aromatic N) is 3. The minimum absolute atomic E-state index is 0.0420. The molecular formula is C25H37N3O3. The van der Waals surface area contributed by atoms with Crippen molar-refractivity contribution in [3.63, 3.8) is 0 Å². The predicted molar refractivity (Wildman–Crippen MR) is 121 cm³/mol. The summed E-state index contributed by atoms with van der Waals surface area (Å²) in [6.07, 6.45) is 3.93. The van der Waals surface area contributed by atoms with Crippen LogP contribution in [0.3, 0.4) is 0 Å². The van der Waals surface area contributed by atoms with Crippen LogP contribution < -0.4 is 0 Å². The topological polar surface area (TPSA) is 53.1 Å². The molecular weight excluding hydrogens is 390 g/mol. The molecule has 170 valence electrons. The van der Waals surface area contributed by atoms with Crippen LogP contribution in [-0.2, 0) is 9.53 Å². The Balaban J connectivity index is 1.67. The van der Waals surface area contributed by atoms with E-state index in [1.165, 1.54) is 0 Å². The van der Waals surface area contributed by atoms with Gasteiger partial charge in [0.15, 0.2) is 0 Å². The Labute approximate surface area is 186 Å². The van der Waals surface area contributed by atoms with Crippen molar-refractivity contribution in [1.82, 2.24) is 14.7 Å². The zero-order valence-corrected chi connectivity index (χ0v) is 19.5. The van der Waals surface area contributed by atoms with Crippen molar-refractivity contribution in [2.24, 2.45) is 5.92 Å². The van der Waals surface area contributed by atoms with Gasteiger partial charge >= 0.3 is 0 Å². The van der Waals surface area contributed by atoms with E-state index < -0.39 is 5.54 Å². The van der Waals surface area contributed by atoms with Crippen LogP contribution in [0.1, 0.15) is 61.4 Å². The maximum Gasteiger partial charge on any atom is 0.254 e. The maximum atomic E-state index is 13.6. The van der Waals surface area contributed by atoms with Crippen molar-refractivity contribution < 1.29 is 14.3 Å². The van der Waals surface area contributed by atoms with Crippen molar-refractivity contribution in [2.75, 3.05) is 46.9 Å². The van der Waals surface area contributed by atoms with Gasteiger partial charge in [-0.05, 0) is 57.1 Å². The fourth-order valence-corrected chi connectivity index (χ4v) is 6.02. The Morgan fingerprint density at radius 2 is 1.81 bits per heavy atom. The van der Waals surface area contributed by atoms with Crippen molar-refractivity contribution in [2.45, 2.75) is 57.0 Å². The summed E-state index contributed by atoms with van der Waals surface area (Å²) in [4.78, 5) is 33.5. The van der Waals surface area contributed by atoms with Gasteiger partial charge < -0.3 is 19.4 Å². The summed E-state index contributed by atoms with van der Waals surface area (Å²) in [6, 6.07) is 7.78. The summed E-state index contributed by atoms with van der Waals surface area (Å²) in [5, 5.41) is 0. The molecule has 1 aromatic rings. The number of hydrogen-bond acceptors (Lipinski definition) is 4. The van der Waals surface area contributed by atoms with Crippen LogP contribution in [0.4, 0.5) is 0 Å². The molecule has 0 aromatic heterocycles. The van der Waals surface area contributed by atoms with Gasteiger partial charge in [-0.2, -0.15) is 0 Å². The molecule has 1 atom stereocenters. The van der Waals surface area contributed by atoms with E-state index in [0.717, 1.165) is 64.1 Å². The normalized spacial score (nSPS) is 24.5. The first-order valence-electron chi connectivity index (χ1n) is 11.8. The van der Waals surface area contributed by atoms with E-state index >= 15 is 0 Å². The monoisotopic (exact) mass is 427 g/mol. The summed E-state index contributed by atoms with van der Waals surface area (Å²) in [7, 11) is 3.66. The lowest BCUT2D eigenvalue weighted by molar-refractivity contribution is -0.136. The Bertz CT molecular complexity index is 808. The average Bonchev–Trinajstić information content (AvgIpc) is 2.76. The summed E-state index contributed by atoms with van der Waals surface area (Å²) in [6.45, 7) is 8.85. The second kappa shape index (κ2) is 8.91. The van der Waals surface area contributed by atoms with E-state index in [1.54, 1.807) is 4.90 Å². The number of benzene rings is 1. The fourth-order valence-electron chi connectivity index (χ4n) is 6.02. The van der Waals surface area contributed by atoms with Gasteiger partial charge in [0.05, 0.1) is 11.5 Å². The number of piperidine rings is 1. The Hall–Kier alpha value is -1.92. The largest absolute Gasteiger partial charge is 0.381 e. The van der Waals surface area contributed by atoms with E-state index in [1.807, 2.05) is 43.3 Å². The van der Waals surface area contributed by atoms with Gasteiger partial charge in [-0.3, -0.25) is 9.59 Å². The van der Waals surface area contributed by atoms with Gasteiger partial charge in [-0.15, -0.1) is 0 Å². The molecule has 0 aliphatic carbocycles. The number of amides is 2. The summed E-state index contributed by atoms with van der Waals surface area (Å²) >= 11 is 0. The minimum atomic E-state index is -0.465. The van der Waals surface area contributed by atoms with Crippen molar-refractivity contribution in [1.29, 1.82) is 0 Å². The number of hydrogen-bond donors (Lipinski definition) is 0. The zero-order chi connectivity index (χ0) is 22.2. The molecule has 0 N–H and O–H groups in total. The fraction of sp³-hybridized carbons (Fsp3) is 0.680. The molecule has 2 fully saturated rings. The second-order valence-corrected chi connectivity index (χ2v) is 9.98. The van der Waals surface area contributed by atoms with Gasteiger partial charge in [0.25, 0.3) is 5.91 Å². The standard InChI is InChI=1S/C25H37N3O3/c1-18(2)28-23(29)21-8-6-5-7-20(21)22(24(30)26(3)4)25(28)11-13-27(14-12-25)17-19-9-15-31-16-10-19/h5-8,18-19,22H,9-17H2,1-4H3. The molecule has 2 amide bonds. The number of ether oxygens (including phenoxy) is 1. The molecule has 6 heteroatoms. The minimum Gasteiger partial charge on any atom is -0.381 e. The van der Waals surface area contributed by atoms with Crippen molar-refractivity contribution in [3.05, 3.63) is 35.4 Å². The summed E-state index contributed by atoms with van der Waals surface area (Å²) in [5.41, 5.74) is 1.13. The third-order valence-corrected chi connectivity index (χ3v) is 7.52. The summed E-state index contributed by atoms with van der Waals surface area (Å²) in [5.74, 6) is 0.552. The SMILES string of the molecule is CC(C)N1C(=O)c2ccccc2C(C(=O)N(C)C)C12CCN(CC1CCOCC1)CC2. The molecule has 4 rings (SSSR count). The highest BCUT2D eigenvalue weighted by Crippen LogP contribution is 2.48. The highest BCUT2D eigenvalue weighted by Gasteiger charge is 2.56. The molecule has 3 aliphatic rings. The van der Waals surface area contributed by atoms with Gasteiger partial charge in [0.1, 0.15) is 0 Å². The number of likely N-dealkylation sites (N-methyl/N-ethyl adjacent to an activating group) is 1. The number of carbonyl (C=O) groups excluding carboxylic acids is 2. The number of carbonyl (C=O) groups is 2. The Kier molecular flexibility index (Phi) is 6.40. The first-order valence-corrected chi connectivity index (χ1v) is 11.8. The number of rotatable bonds is 4. The predicted octanol–water partition coefficient (Wildman–Crippen LogP) is 2.98. The van der Waals surface area contributed by atoms with Gasteiger partial charge in [-0.25, -0.2) is 0 Å². The molecule has 0 saturated carbocycles. The lowest BCUT2D eigenvalue weighted by Gasteiger charge is -2.57. The number of fused-ring (bicyclic) bond motifs is 1. The highest BCUT2D eigenvalue weighted by molar-refractivity contribution is 6.02. The molecule has 6 nitrogen and oxygen atoms in total. The molecule has 1 unspecified atom stereocenters. The Morgan fingerprint density at radius 3 is 2.42 bits per heavy atom. The van der Waals surface area contributed by atoms with Crippen LogP contribution in [-0.4, -0.2) is 85.0 Å². The zero-order valence-electron chi connectivity index (χ0n) is 19.5. The average molecular weight is 428 g/mol. The molecule has 31 heavy (non-hydrogen) atoms. The molecule has 1 aromatic carbocycles. The lowest BCUT2D eigenvalue weighted by Crippen LogP contribution is -2.67. The van der Waals surface area contributed by atoms with Gasteiger partial charge in [0.2, 0.25) is 5.91 Å². The molecule has 0 radical (unpaired) electrons.